The van der Waals surface area contributed by atoms with Crippen LogP contribution >= 0.6 is 11.3 Å². The number of nitrogens with zero attached hydrogens (tertiary/aromatic N) is 3. The van der Waals surface area contributed by atoms with Gasteiger partial charge in [-0.15, -0.1) is 11.3 Å². The largest absolute Gasteiger partial charge is 0.436 e. The van der Waals surface area contributed by atoms with Crippen LogP contribution in [0.2, 0.25) is 0 Å². The lowest BCUT2D eigenvalue weighted by molar-refractivity contribution is -0.135. The summed E-state index contributed by atoms with van der Waals surface area (Å²) in [5.74, 6) is 0.00819. The molecule has 3 N–H and O–H groups in total. The van der Waals surface area contributed by atoms with E-state index in [0.717, 1.165) is 28.1 Å². The number of carbonyl (C=O) groups excluding carboxylic acids is 4. The third-order valence-electron chi connectivity index (χ3n) is 8.38. The van der Waals surface area contributed by atoms with Gasteiger partial charge in [0.15, 0.2) is 11.8 Å². The van der Waals surface area contributed by atoms with Crippen molar-refractivity contribution in [3.63, 3.8) is 0 Å². The minimum Gasteiger partial charge on any atom is -0.436 e. The standard InChI is InChI=1S/C33H31N5O5S/c1-21(39)38(17-3-7-28(38)31(34)41)25-14-10-22(11-15-25)29-20-35-33(43-29)23-8-12-24(13-9-23)36-32(42)27-6-2-16-37(27)30(40)19-26-5-4-18-44-26/h2,4-6,8-15,18,20,27-28H,3,7,16-17,19H2,1H3,(H2-,34,35,36,41,42)/p+1/t27-,28-,38?/m0/s1. The van der Waals surface area contributed by atoms with Crippen LogP contribution in [0.1, 0.15) is 24.6 Å². The third-order valence-corrected chi connectivity index (χ3v) is 9.26. The number of rotatable bonds is 8. The number of nitrogens with one attached hydrogen (secondary N) is 1. The van der Waals surface area contributed by atoms with Crippen LogP contribution in [-0.4, -0.2) is 58.7 Å². The first kappa shape index (κ1) is 29.2. The number of likely N-dealkylation sites (tertiary alicyclic amines) is 1. The molecule has 1 fully saturated rings. The molecule has 2 aromatic carbocycles. The van der Waals surface area contributed by atoms with Gasteiger partial charge in [0, 0.05) is 53.2 Å². The van der Waals surface area contributed by atoms with Gasteiger partial charge in [-0.05, 0) is 47.8 Å². The van der Waals surface area contributed by atoms with Crippen LogP contribution in [0.5, 0.6) is 0 Å². The lowest BCUT2D eigenvalue weighted by Crippen LogP contribution is -2.60. The van der Waals surface area contributed by atoms with Crippen LogP contribution in [0, 0.1) is 0 Å². The Morgan fingerprint density at radius 2 is 1.82 bits per heavy atom. The molecule has 2 aliphatic heterocycles. The van der Waals surface area contributed by atoms with E-state index in [0.29, 0.717) is 36.8 Å². The second-order valence-corrected chi connectivity index (χ2v) is 12.0. The number of oxazole rings is 1. The number of carbonyl (C=O) groups is 4. The monoisotopic (exact) mass is 610 g/mol. The molecule has 0 aliphatic carbocycles. The molecule has 4 heterocycles. The van der Waals surface area contributed by atoms with Crippen molar-refractivity contribution in [2.24, 2.45) is 5.73 Å². The highest BCUT2D eigenvalue weighted by Crippen LogP contribution is 2.37. The molecular weight excluding hydrogens is 578 g/mol. The number of benzene rings is 2. The van der Waals surface area contributed by atoms with Crippen molar-refractivity contribution < 1.29 is 23.6 Å². The molecular formula is C33H32N5O5S+. The van der Waals surface area contributed by atoms with Gasteiger partial charge in [0.2, 0.25) is 11.8 Å². The topological polar surface area (TPSA) is 136 Å². The number of primary amides is 1. The quantitative estimate of drug-likeness (QED) is 0.223. The van der Waals surface area contributed by atoms with Gasteiger partial charge in [-0.1, -0.05) is 18.2 Å². The Bertz CT molecular complexity index is 1730. The predicted octanol–water partition coefficient (Wildman–Crippen LogP) is 4.52. The smallest absolute Gasteiger partial charge is 0.316 e. The van der Waals surface area contributed by atoms with Crippen LogP contribution in [-0.2, 0) is 25.6 Å². The lowest BCUT2D eigenvalue weighted by Gasteiger charge is -2.34. The summed E-state index contributed by atoms with van der Waals surface area (Å²) >= 11 is 1.52. The molecule has 2 aliphatic rings. The molecule has 0 radical (unpaired) electrons. The van der Waals surface area contributed by atoms with Crippen LogP contribution in [0.25, 0.3) is 22.8 Å². The average molecular weight is 611 g/mol. The molecule has 0 bridgehead atoms. The number of thiophene rings is 1. The first-order valence-electron chi connectivity index (χ1n) is 14.4. The SMILES string of the molecule is CC(=O)[N+]1(c2ccc(-c3cnc(-c4ccc(NC(=O)[C@@H]5C=CCN5C(=O)Cc5cccs5)cc4)o3)cc2)CCC[C@H]1C(N)=O. The first-order chi connectivity index (χ1) is 21.3. The van der Waals surface area contributed by atoms with Crippen molar-refractivity contribution >= 4 is 46.3 Å². The number of amides is 4. The molecule has 4 amide bonds. The molecule has 3 atom stereocenters. The van der Waals surface area contributed by atoms with Crippen LogP contribution in [0.4, 0.5) is 11.4 Å². The van der Waals surface area contributed by atoms with E-state index >= 15 is 0 Å². The third kappa shape index (κ3) is 5.47. The number of anilines is 1. The Kier molecular flexibility index (Phi) is 7.98. The number of quaternary nitrogens is 1. The summed E-state index contributed by atoms with van der Waals surface area (Å²) < 4.78 is 5.97. The fourth-order valence-corrected chi connectivity index (χ4v) is 6.85. The number of aromatic nitrogens is 1. The summed E-state index contributed by atoms with van der Waals surface area (Å²) in [5, 5.41) is 4.83. The average Bonchev–Trinajstić information content (AvgIpc) is 3.84. The highest BCUT2D eigenvalue weighted by Gasteiger charge is 2.51. The lowest BCUT2D eigenvalue weighted by atomic mass is 10.1. The minimum atomic E-state index is -0.665. The fraction of sp³-hybridized carbons (Fsp3) is 0.242. The zero-order chi connectivity index (χ0) is 30.8. The van der Waals surface area contributed by atoms with Crippen LogP contribution < -0.4 is 15.5 Å². The van der Waals surface area contributed by atoms with Crippen molar-refractivity contribution in [1.29, 1.82) is 0 Å². The normalized spacial score (nSPS) is 21.0. The predicted molar refractivity (Wildman–Crippen MR) is 168 cm³/mol. The maximum Gasteiger partial charge on any atom is 0.316 e. The summed E-state index contributed by atoms with van der Waals surface area (Å²) in [6.45, 7) is 2.44. The van der Waals surface area contributed by atoms with Crippen LogP contribution in [0.3, 0.4) is 0 Å². The second-order valence-electron chi connectivity index (χ2n) is 11.0. The first-order valence-corrected chi connectivity index (χ1v) is 15.3. The molecule has 11 heteroatoms. The van der Waals surface area contributed by atoms with Gasteiger partial charge in [-0.2, -0.15) is 0 Å². The highest BCUT2D eigenvalue weighted by atomic mass is 32.1. The molecule has 4 aromatic rings. The van der Waals surface area contributed by atoms with Gasteiger partial charge >= 0.3 is 5.91 Å². The summed E-state index contributed by atoms with van der Waals surface area (Å²) in [6, 6.07) is 17.1. The number of nitrogens with two attached hydrogens (primary N) is 1. The van der Waals surface area contributed by atoms with E-state index in [1.165, 1.54) is 18.3 Å². The number of hydrogen-bond donors (Lipinski definition) is 2. The van der Waals surface area contributed by atoms with Gasteiger partial charge < -0.3 is 20.4 Å². The molecule has 0 saturated carbocycles. The molecule has 0 spiro atoms. The van der Waals surface area contributed by atoms with Gasteiger partial charge in [0.25, 0.3) is 11.8 Å². The number of hydrogen-bond acceptors (Lipinski definition) is 7. The van der Waals surface area contributed by atoms with Gasteiger partial charge in [-0.3, -0.25) is 14.4 Å². The Balaban J connectivity index is 1.12. The zero-order valence-corrected chi connectivity index (χ0v) is 25.0. The van der Waals surface area contributed by atoms with Crippen molar-refractivity contribution in [2.75, 3.05) is 18.4 Å². The van der Waals surface area contributed by atoms with E-state index < -0.39 is 18.0 Å². The summed E-state index contributed by atoms with van der Waals surface area (Å²) in [6.07, 6.45) is 6.81. The minimum absolute atomic E-state index is 0.0688. The summed E-state index contributed by atoms with van der Waals surface area (Å²) in [7, 11) is 0. The van der Waals surface area contributed by atoms with E-state index in [-0.39, 0.29) is 28.6 Å². The molecule has 44 heavy (non-hydrogen) atoms. The van der Waals surface area contributed by atoms with Crippen molar-refractivity contribution in [3.05, 3.63) is 89.3 Å². The Labute approximate surface area is 258 Å². The Morgan fingerprint density at radius 3 is 2.50 bits per heavy atom. The van der Waals surface area contributed by atoms with E-state index in [1.54, 1.807) is 41.4 Å². The van der Waals surface area contributed by atoms with Gasteiger partial charge in [0.05, 0.1) is 26.1 Å². The summed E-state index contributed by atoms with van der Waals surface area (Å²) in [4.78, 5) is 57.7. The van der Waals surface area contributed by atoms with E-state index in [4.69, 9.17) is 10.2 Å². The maximum absolute atomic E-state index is 13.0. The van der Waals surface area contributed by atoms with Crippen molar-refractivity contribution in [3.8, 4) is 22.8 Å². The van der Waals surface area contributed by atoms with Crippen molar-refractivity contribution in [2.45, 2.75) is 38.3 Å². The maximum atomic E-state index is 13.0. The molecule has 224 valence electrons. The van der Waals surface area contributed by atoms with Crippen LogP contribution in [0.15, 0.2) is 88.8 Å². The summed E-state index contributed by atoms with van der Waals surface area (Å²) in [5.41, 5.74) is 8.47. The van der Waals surface area contributed by atoms with Gasteiger partial charge in [-0.25, -0.2) is 14.3 Å². The highest BCUT2D eigenvalue weighted by molar-refractivity contribution is 7.10. The second kappa shape index (κ2) is 12.0. The molecule has 2 aromatic heterocycles. The molecule has 6 rings (SSSR count). The molecule has 1 saturated heterocycles. The van der Waals surface area contributed by atoms with E-state index in [9.17, 15) is 19.2 Å². The van der Waals surface area contributed by atoms with Crippen molar-refractivity contribution in [1.82, 2.24) is 14.4 Å². The Morgan fingerprint density at radius 1 is 1.07 bits per heavy atom. The Hall–Kier alpha value is -4.87. The van der Waals surface area contributed by atoms with E-state index in [2.05, 4.69) is 10.3 Å². The zero-order valence-electron chi connectivity index (χ0n) is 24.1. The molecule has 10 nitrogen and oxygen atoms in total. The molecule has 1 unspecified atom stereocenters. The van der Waals surface area contributed by atoms with E-state index in [1.807, 2.05) is 47.9 Å². The fourth-order valence-electron chi connectivity index (χ4n) is 6.15. The van der Waals surface area contributed by atoms with Gasteiger partial charge in [0.1, 0.15) is 11.7 Å².